The normalized spacial score (nSPS) is 12.0. The molecule has 146 valence electrons. The molecule has 31 heavy (non-hydrogen) atoms. The number of thiophene rings is 1. The zero-order chi connectivity index (χ0) is 20.5. The van der Waals surface area contributed by atoms with E-state index in [2.05, 4.69) is 103 Å². The van der Waals surface area contributed by atoms with E-state index in [4.69, 9.17) is 0 Å². The van der Waals surface area contributed by atoms with E-state index in [1.165, 1.54) is 69.4 Å². The van der Waals surface area contributed by atoms with Gasteiger partial charge in [-0.3, -0.25) is 0 Å². The highest BCUT2D eigenvalue weighted by atomic mass is 32.1. The summed E-state index contributed by atoms with van der Waals surface area (Å²) in [7, 11) is 0. The minimum absolute atomic E-state index is 1.20. The minimum Gasteiger partial charge on any atom is -0.354 e. The number of hydrogen-bond donors (Lipinski definition) is 1. The van der Waals surface area contributed by atoms with Crippen LogP contribution in [0.15, 0.2) is 91.0 Å². The van der Waals surface area contributed by atoms with Crippen LogP contribution in [0.1, 0.15) is 5.56 Å². The number of para-hydroxylation sites is 1. The summed E-state index contributed by atoms with van der Waals surface area (Å²) in [4.78, 5) is 3.71. The average molecular weight is 414 g/mol. The number of aromatic nitrogens is 1. The largest absolute Gasteiger partial charge is 0.354 e. The molecule has 2 aromatic heterocycles. The van der Waals surface area contributed by atoms with Crippen LogP contribution in [-0.2, 0) is 0 Å². The standard InChI is InChI=1S/C29H19NS/c1-17-6-8-18(9-7-17)20-12-15-26-24(16-20)23-14-11-19-10-13-22-21-4-2-3-5-25(21)30-28(22)27(19)29(23)31-26/h2-16,30H,1H3. The van der Waals surface area contributed by atoms with Crippen molar-refractivity contribution in [3.63, 3.8) is 0 Å². The molecule has 0 unspecified atom stereocenters. The Balaban J connectivity index is 1.58. The lowest BCUT2D eigenvalue weighted by Gasteiger charge is -2.04. The van der Waals surface area contributed by atoms with Gasteiger partial charge in [-0.15, -0.1) is 11.3 Å². The molecule has 7 rings (SSSR count). The molecule has 0 aliphatic rings. The first-order chi connectivity index (χ1) is 15.3. The first kappa shape index (κ1) is 17.1. The summed E-state index contributed by atoms with van der Waals surface area (Å²) in [5.41, 5.74) is 6.28. The van der Waals surface area contributed by atoms with E-state index < -0.39 is 0 Å². The quantitative estimate of drug-likeness (QED) is 0.277. The Morgan fingerprint density at radius 3 is 2.29 bits per heavy atom. The Labute approximate surface area is 183 Å². The van der Waals surface area contributed by atoms with E-state index in [0.717, 1.165) is 0 Å². The summed E-state index contributed by atoms with van der Waals surface area (Å²) in [5.74, 6) is 0. The molecule has 2 heterocycles. The third-order valence-electron chi connectivity index (χ3n) is 6.48. The molecule has 0 fully saturated rings. The van der Waals surface area contributed by atoms with E-state index in [0.29, 0.717) is 0 Å². The highest BCUT2D eigenvalue weighted by Crippen LogP contribution is 2.43. The van der Waals surface area contributed by atoms with Gasteiger partial charge in [0, 0.05) is 41.8 Å². The monoisotopic (exact) mass is 413 g/mol. The van der Waals surface area contributed by atoms with Crippen LogP contribution in [-0.4, -0.2) is 4.98 Å². The summed E-state index contributed by atoms with van der Waals surface area (Å²) in [5, 5.41) is 7.90. The predicted molar refractivity (Wildman–Crippen MR) is 136 cm³/mol. The molecule has 0 bridgehead atoms. The van der Waals surface area contributed by atoms with Crippen molar-refractivity contribution in [1.29, 1.82) is 0 Å². The molecule has 1 N–H and O–H groups in total. The molecule has 0 saturated heterocycles. The number of rotatable bonds is 1. The molecule has 0 saturated carbocycles. The van der Waals surface area contributed by atoms with Crippen molar-refractivity contribution in [2.24, 2.45) is 0 Å². The number of H-pyrrole nitrogens is 1. The van der Waals surface area contributed by atoms with Gasteiger partial charge in [-0.1, -0.05) is 78.4 Å². The van der Waals surface area contributed by atoms with Crippen molar-refractivity contribution in [2.75, 3.05) is 0 Å². The van der Waals surface area contributed by atoms with Crippen LogP contribution in [0.3, 0.4) is 0 Å². The molecule has 2 heteroatoms. The molecule has 0 spiro atoms. The van der Waals surface area contributed by atoms with E-state index >= 15 is 0 Å². The molecule has 0 aliphatic carbocycles. The van der Waals surface area contributed by atoms with Crippen molar-refractivity contribution >= 4 is 64.1 Å². The van der Waals surface area contributed by atoms with E-state index in [1.54, 1.807) is 0 Å². The van der Waals surface area contributed by atoms with Gasteiger partial charge in [0.25, 0.3) is 0 Å². The van der Waals surface area contributed by atoms with Crippen LogP contribution >= 0.6 is 11.3 Å². The van der Waals surface area contributed by atoms with Gasteiger partial charge in [0.2, 0.25) is 0 Å². The van der Waals surface area contributed by atoms with E-state index in [1.807, 2.05) is 11.3 Å². The molecule has 0 amide bonds. The maximum atomic E-state index is 3.71. The van der Waals surface area contributed by atoms with Crippen molar-refractivity contribution in [2.45, 2.75) is 6.92 Å². The summed E-state index contributed by atoms with van der Waals surface area (Å²) < 4.78 is 2.71. The Morgan fingerprint density at radius 1 is 0.645 bits per heavy atom. The second-order valence-corrected chi connectivity index (χ2v) is 9.43. The maximum absolute atomic E-state index is 3.71. The highest BCUT2D eigenvalue weighted by Gasteiger charge is 2.14. The molecular formula is C29H19NS. The van der Waals surface area contributed by atoms with Crippen LogP contribution < -0.4 is 0 Å². The number of benzene rings is 5. The highest BCUT2D eigenvalue weighted by molar-refractivity contribution is 7.26. The van der Waals surface area contributed by atoms with Crippen LogP contribution in [0.2, 0.25) is 0 Å². The van der Waals surface area contributed by atoms with Gasteiger partial charge in [0.05, 0.1) is 5.52 Å². The van der Waals surface area contributed by atoms with Gasteiger partial charge in [0.1, 0.15) is 0 Å². The molecule has 1 nitrogen and oxygen atoms in total. The average Bonchev–Trinajstić information content (AvgIpc) is 3.37. The van der Waals surface area contributed by atoms with Crippen LogP contribution in [0, 0.1) is 6.92 Å². The van der Waals surface area contributed by atoms with Gasteiger partial charge >= 0.3 is 0 Å². The fourth-order valence-electron chi connectivity index (χ4n) is 4.88. The predicted octanol–water partition coefficient (Wildman–Crippen LogP) is 8.82. The third kappa shape index (κ3) is 2.43. The second-order valence-electron chi connectivity index (χ2n) is 8.38. The van der Waals surface area contributed by atoms with E-state index in [-0.39, 0.29) is 0 Å². The molecule has 5 aromatic carbocycles. The van der Waals surface area contributed by atoms with Crippen molar-refractivity contribution in [1.82, 2.24) is 4.98 Å². The molecular weight excluding hydrogens is 394 g/mol. The van der Waals surface area contributed by atoms with Crippen LogP contribution in [0.5, 0.6) is 0 Å². The lowest BCUT2D eigenvalue weighted by atomic mass is 10.00. The number of aromatic amines is 1. The lowest BCUT2D eigenvalue weighted by Crippen LogP contribution is -1.79. The van der Waals surface area contributed by atoms with E-state index in [9.17, 15) is 0 Å². The maximum Gasteiger partial charge on any atom is 0.0559 e. The summed E-state index contributed by atoms with van der Waals surface area (Å²) in [6.07, 6.45) is 0. The SMILES string of the molecule is Cc1ccc(-c2ccc3sc4c(ccc5ccc6c7ccccc7[nH]c6c54)c3c2)cc1. The van der Waals surface area contributed by atoms with Gasteiger partial charge in [-0.05, 0) is 41.6 Å². The Bertz CT molecular complexity index is 1780. The smallest absolute Gasteiger partial charge is 0.0559 e. The zero-order valence-corrected chi connectivity index (χ0v) is 17.9. The van der Waals surface area contributed by atoms with Gasteiger partial charge in [-0.25, -0.2) is 0 Å². The van der Waals surface area contributed by atoms with Crippen molar-refractivity contribution in [3.8, 4) is 11.1 Å². The topological polar surface area (TPSA) is 15.8 Å². The third-order valence-corrected chi connectivity index (χ3v) is 7.69. The molecule has 7 aromatic rings. The zero-order valence-electron chi connectivity index (χ0n) is 17.1. The number of fused-ring (bicyclic) bond motifs is 9. The Morgan fingerprint density at radius 2 is 1.42 bits per heavy atom. The number of nitrogens with one attached hydrogen (secondary N) is 1. The first-order valence-electron chi connectivity index (χ1n) is 10.6. The second kappa shape index (κ2) is 6.19. The van der Waals surface area contributed by atoms with Gasteiger partial charge < -0.3 is 4.98 Å². The fraction of sp³-hybridized carbons (Fsp3) is 0.0345. The minimum atomic E-state index is 1.20. The van der Waals surface area contributed by atoms with Crippen LogP contribution in [0.25, 0.3) is 63.9 Å². The van der Waals surface area contributed by atoms with Crippen LogP contribution in [0.4, 0.5) is 0 Å². The van der Waals surface area contributed by atoms with Gasteiger partial charge in [0.15, 0.2) is 0 Å². The van der Waals surface area contributed by atoms with Crippen molar-refractivity contribution in [3.05, 3.63) is 96.6 Å². The first-order valence-corrected chi connectivity index (χ1v) is 11.4. The molecule has 0 radical (unpaired) electrons. The summed E-state index contributed by atoms with van der Waals surface area (Å²) in [6, 6.07) is 33.4. The lowest BCUT2D eigenvalue weighted by molar-refractivity contribution is 1.47. The molecule has 0 aliphatic heterocycles. The fourth-order valence-corrected chi connectivity index (χ4v) is 6.13. The Kier molecular flexibility index (Phi) is 3.42. The summed E-state index contributed by atoms with van der Waals surface area (Å²) >= 11 is 1.90. The summed E-state index contributed by atoms with van der Waals surface area (Å²) in [6.45, 7) is 2.13. The van der Waals surface area contributed by atoms with Gasteiger partial charge in [-0.2, -0.15) is 0 Å². The number of aryl methyl sites for hydroxylation is 1. The number of hydrogen-bond acceptors (Lipinski definition) is 1. The van der Waals surface area contributed by atoms with Crippen molar-refractivity contribution < 1.29 is 0 Å². The Hall–Kier alpha value is -3.62. The molecule has 0 atom stereocenters.